The lowest BCUT2D eigenvalue weighted by Gasteiger charge is -1.99. The maximum atomic E-state index is 11.2. The van der Waals surface area contributed by atoms with Crippen LogP contribution < -0.4 is 0 Å². The van der Waals surface area contributed by atoms with Gasteiger partial charge in [0.2, 0.25) is 5.88 Å². The summed E-state index contributed by atoms with van der Waals surface area (Å²) in [6, 6.07) is 7.24. The molecule has 0 spiro atoms. The lowest BCUT2D eigenvalue weighted by Crippen LogP contribution is -1.95. The van der Waals surface area contributed by atoms with Gasteiger partial charge in [0, 0.05) is 0 Å². The number of azo groups is 1. The van der Waals surface area contributed by atoms with E-state index in [1.54, 1.807) is 12.1 Å². The number of carbonyl (C=O) groups is 1. The van der Waals surface area contributed by atoms with Crippen LogP contribution in [0.5, 0.6) is 0 Å². The van der Waals surface area contributed by atoms with Crippen molar-refractivity contribution in [3.63, 3.8) is 0 Å². The maximum Gasteiger partial charge on any atom is 0.301 e. The van der Waals surface area contributed by atoms with Gasteiger partial charge in [0.25, 0.3) is 0 Å². The minimum Gasteiger partial charge on any atom is -0.492 e. The van der Waals surface area contributed by atoms with Crippen molar-refractivity contribution in [2.75, 3.05) is 0 Å². The molecule has 1 aliphatic heterocycles. The number of hydrogen-bond acceptors (Lipinski definition) is 3. The Hall–Kier alpha value is -1.97. The Bertz CT molecular complexity index is 444. The molecule has 70 valence electrons. The van der Waals surface area contributed by atoms with Crippen LogP contribution in [0.3, 0.4) is 0 Å². The summed E-state index contributed by atoms with van der Waals surface area (Å²) in [5.41, 5.74) is 1.90. The monoisotopic (exact) mass is 188 g/mol. The molecule has 2 rings (SSSR count). The number of hydrogen-bond donors (Lipinski definition) is 1. The third-order valence-electron chi connectivity index (χ3n) is 2.01. The third-order valence-corrected chi connectivity index (χ3v) is 2.01. The second-order valence-electron chi connectivity index (χ2n) is 3.07. The van der Waals surface area contributed by atoms with Crippen molar-refractivity contribution in [3.05, 3.63) is 41.3 Å². The predicted molar refractivity (Wildman–Crippen MR) is 50.6 cm³/mol. The molecule has 4 heteroatoms. The Kier molecular flexibility index (Phi) is 1.89. The lowest BCUT2D eigenvalue weighted by atomic mass is 10.0. The van der Waals surface area contributed by atoms with Crippen LogP contribution >= 0.6 is 0 Å². The highest BCUT2D eigenvalue weighted by molar-refractivity contribution is 6.21. The van der Waals surface area contributed by atoms with Crippen LogP contribution in [0.15, 0.2) is 40.4 Å². The zero-order valence-corrected chi connectivity index (χ0v) is 7.56. The topological polar surface area (TPSA) is 62.0 Å². The number of aliphatic hydroxyl groups excluding tert-OH is 1. The van der Waals surface area contributed by atoms with Crippen molar-refractivity contribution in [1.29, 1.82) is 0 Å². The molecule has 0 unspecified atom stereocenters. The van der Waals surface area contributed by atoms with Crippen molar-refractivity contribution >= 4 is 11.5 Å². The second kappa shape index (κ2) is 3.06. The van der Waals surface area contributed by atoms with E-state index in [2.05, 4.69) is 10.2 Å². The molecule has 1 N–H and O–H groups in total. The Labute approximate surface area is 80.6 Å². The molecule has 0 saturated carbocycles. The van der Waals surface area contributed by atoms with Crippen molar-refractivity contribution in [2.45, 2.75) is 6.92 Å². The summed E-state index contributed by atoms with van der Waals surface area (Å²) < 4.78 is 0. The van der Waals surface area contributed by atoms with Gasteiger partial charge in [0.05, 0.1) is 0 Å². The van der Waals surface area contributed by atoms with Gasteiger partial charge in [-0.15, -0.1) is 10.2 Å². The van der Waals surface area contributed by atoms with Gasteiger partial charge in [0.1, 0.15) is 5.57 Å². The Morgan fingerprint density at radius 3 is 2.29 bits per heavy atom. The first kappa shape index (κ1) is 8.62. The van der Waals surface area contributed by atoms with Gasteiger partial charge >= 0.3 is 5.91 Å². The smallest absolute Gasteiger partial charge is 0.301 e. The van der Waals surface area contributed by atoms with Gasteiger partial charge in [0.15, 0.2) is 0 Å². The fourth-order valence-electron chi connectivity index (χ4n) is 1.26. The number of amides is 1. The molecule has 1 amide bonds. The highest BCUT2D eigenvalue weighted by atomic mass is 16.3. The van der Waals surface area contributed by atoms with Crippen molar-refractivity contribution in [2.24, 2.45) is 10.2 Å². The molecule has 14 heavy (non-hydrogen) atoms. The molecule has 0 saturated heterocycles. The van der Waals surface area contributed by atoms with E-state index in [1.165, 1.54) is 0 Å². The molecule has 1 aromatic carbocycles. The molecule has 0 aromatic heterocycles. The first-order valence-corrected chi connectivity index (χ1v) is 4.15. The molecule has 0 aliphatic carbocycles. The van der Waals surface area contributed by atoms with E-state index >= 15 is 0 Å². The van der Waals surface area contributed by atoms with Crippen LogP contribution in [0, 0.1) is 6.92 Å². The summed E-state index contributed by atoms with van der Waals surface area (Å²) in [6.07, 6.45) is 0. The van der Waals surface area contributed by atoms with Crippen LogP contribution in [0.1, 0.15) is 11.1 Å². The highest BCUT2D eigenvalue weighted by Gasteiger charge is 2.22. The van der Waals surface area contributed by atoms with Gasteiger partial charge in [-0.3, -0.25) is 4.79 Å². The molecule has 0 bridgehead atoms. The summed E-state index contributed by atoms with van der Waals surface area (Å²) >= 11 is 0. The second-order valence-corrected chi connectivity index (χ2v) is 3.07. The van der Waals surface area contributed by atoms with Gasteiger partial charge in [-0.1, -0.05) is 29.8 Å². The average molecular weight is 188 g/mol. The normalized spacial score (nSPS) is 15.4. The van der Waals surface area contributed by atoms with Crippen LogP contribution in [-0.4, -0.2) is 11.0 Å². The van der Waals surface area contributed by atoms with Crippen LogP contribution in [0.2, 0.25) is 0 Å². The maximum absolute atomic E-state index is 11.2. The quantitative estimate of drug-likeness (QED) is 0.734. The highest BCUT2D eigenvalue weighted by Crippen LogP contribution is 2.24. The van der Waals surface area contributed by atoms with Crippen molar-refractivity contribution in [1.82, 2.24) is 0 Å². The number of aryl methyl sites for hydroxylation is 1. The van der Waals surface area contributed by atoms with E-state index in [0.717, 1.165) is 5.56 Å². The largest absolute Gasteiger partial charge is 0.492 e. The molecule has 0 radical (unpaired) electrons. The summed E-state index contributed by atoms with van der Waals surface area (Å²) in [4.78, 5) is 11.2. The number of rotatable bonds is 1. The first-order valence-electron chi connectivity index (χ1n) is 4.15. The van der Waals surface area contributed by atoms with Crippen LogP contribution in [-0.2, 0) is 4.79 Å². The summed E-state index contributed by atoms with van der Waals surface area (Å²) in [5.74, 6) is -0.801. The Morgan fingerprint density at radius 1 is 1.14 bits per heavy atom. The van der Waals surface area contributed by atoms with E-state index in [4.69, 9.17) is 0 Å². The fraction of sp³-hybridized carbons (Fsp3) is 0.100. The van der Waals surface area contributed by atoms with E-state index in [1.807, 2.05) is 19.1 Å². The predicted octanol–water partition coefficient (Wildman–Crippen LogP) is 2.21. The Morgan fingerprint density at radius 2 is 1.79 bits per heavy atom. The number of aliphatic hydroxyl groups is 1. The van der Waals surface area contributed by atoms with Crippen molar-refractivity contribution in [3.8, 4) is 0 Å². The molecule has 1 aliphatic rings. The third kappa shape index (κ3) is 1.31. The van der Waals surface area contributed by atoms with E-state index in [0.29, 0.717) is 5.56 Å². The number of nitrogens with zero attached hydrogens (tertiary/aromatic N) is 2. The fourth-order valence-corrected chi connectivity index (χ4v) is 1.26. The first-order chi connectivity index (χ1) is 6.68. The van der Waals surface area contributed by atoms with Gasteiger partial charge in [-0.05, 0) is 12.5 Å². The number of benzene rings is 1. The molecule has 4 nitrogen and oxygen atoms in total. The molecule has 0 fully saturated rings. The van der Waals surface area contributed by atoms with E-state index in [-0.39, 0.29) is 11.5 Å². The van der Waals surface area contributed by atoms with Gasteiger partial charge < -0.3 is 5.11 Å². The zero-order valence-electron chi connectivity index (χ0n) is 7.56. The molecule has 0 atom stereocenters. The summed E-state index contributed by atoms with van der Waals surface area (Å²) in [6.45, 7) is 1.95. The summed E-state index contributed by atoms with van der Waals surface area (Å²) in [7, 11) is 0. The molecule has 1 heterocycles. The Balaban J connectivity index is 2.47. The zero-order chi connectivity index (χ0) is 10.1. The summed E-state index contributed by atoms with van der Waals surface area (Å²) in [5, 5.41) is 15.8. The minimum absolute atomic E-state index is 0.171. The van der Waals surface area contributed by atoms with Crippen LogP contribution in [0.25, 0.3) is 5.57 Å². The SMILES string of the molecule is Cc1ccc(C2=C(O)N=NC2=O)cc1. The molecular formula is C10H8N2O2. The molecule has 1 aromatic rings. The van der Waals surface area contributed by atoms with Crippen LogP contribution in [0.4, 0.5) is 0 Å². The standard InChI is InChI=1S/C10H8N2O2/c1-6-2-4-7(5-3-6)8-9(13)11-12-10(8)14/h2-5,13H,1H3. The average Bonchev–Trinajstić information content (AvgIpc) is 2.49. The van der Waals surface area contributed by atoms with Gasteiger partial charge in [-0.25, -0.2) is 0 Å². The molecular weight excluding hydrogens is 180 g/mol. The van der Waals surface area contributed by atoms with E-state index < -0.39 is 5.91 Å². The van der Waals surface area contributed by atoms with E-state index in [9.17, 15) is 9.90 Å². The van der Waals surface area contributed by atoms with Crippen molar-refractivity contribution < 1.29 is 9.90 Å². The number of carbonyl (C=O) groups excluding carboxylic acids is 1. The lowest BCUT2D eigenvalue weighted by molar-refractivity contribution is -0.112. The minimum atomic E-state index is -0.494. The van der Waals surface area contributed by atoms with Gasteiger partial charge in [-0.2, -0.15) is 0 Å².